The summed E-state index contributed by atoms with van der Waals surface area (Å²) < 4.78 is 9.57. The molecule has 1 aliphatic heterocycles. The number of aliphatic hydroxyl groups is 1. The maximum absolute atomic E-state index is 11.0. The Morgan fingerprint density at radius 1 is 1.20 bits per heavy atom. The summed E-state index contributed by atoms with van der Waals surface area (Å²) in [6.45, 7) is -0.493. The summed E-state index contributed by atoms with van der Waals surface area (Å²) in [4.78, 5) is 32.8. The zero-order chi connectivity index (χ0) is 18.1. The Labute approximate surface area is 139 Å². The minimum atomic E-state index is -1.62. The Hall–Kier alpha value is -3.12. The SMILES string of the molecule is Nc1ncnc2c([C@@H]3N[C@@H](CO)[C@H](OC(=O)O)[C@@H]3OC(=O)O)c[nH]c12. The van der Waals surface area contributed by atoms with Gasteiger partial charge in [0.1, 0.15) is 11.8 Å². The van der Waals surface area contributed by atoms with E-state index in [1.165, 1.54) is 12.5 Å². The highest BCUT2D eigenvalue weighted by Crippen LogP contribution is 2.35. The molecule has 0 radical (unpaired) electrons. The standard InChI is InChI=1S/C13H15N5O7/c14-11-8-6(16-3-17-11)4(1-15-8)7-10(25-13(22)23)9(24-12(20)21)5(2-19)18-7/h1,3,5,7,9-10,15,18-19H,2H2,(H,20,21)(H,22,23)(H2,14,16,17)/t5-,7-,9-,10+/m0/s1. The van der Waals surface area contributed by atoms with E-state index in [-0.39, 0.29) is 5.82 Å². The number of rotatable bonds is 4. The molecule has 25 heavy (non-hydrogen) atoms. The second kappa shape index (κ2) is 6.41. The average Bonchev–Trinajstić information content (AvgIpc) is 3.10. The fraction of sp³-hybridized carbons (Fsp3) is 0.385. The molecule has 0 aromatic carbocycles. The predicted molar refractivity (Wildman–Crippen MR) is 80.8 cm³/mol. The number of H-pyrrole nitrogens is 1. The third kappa shape index (κ3) is 2.99. The number of nitrogens with two attached hydrogens (primary N) is 1. The molecule has 0 amide bonds. The maximum atomic E-state index is 11.0. The van der Waals surface area contributed by atoms with Crippen molar-refractivity contribution in [2.45, 2.75) is 24.3 Å². The lowest BCUT2D eigenvalue weighted by atomic mass is 10.0. The Balaban J connectivity index is 2.04. The number of anilines is 1. The second-order valence-corrected chi connectivity index (χ2v) is 5.36. The first-order valence-corrected chi connectivity index (χ1v) is 7.16. The molecule has 12 heteroatoms. The molecule has 7 N–H and O–H groups in total. The molecule has 0 aliphatic carbocycles. The van der Waals surface area contributed by atoms with Crippen molar-refractivity contribution in [2.75, 3.05) is 12.3 Å². The van der Waals surface area contributed by atoms with Gasteiger partial charge in [0.25, 0.3) is 0 Å². The molecular weight excluding hydrogens is 338 g/mol. The number of nitrogens with zero attached hydrogens (tertiary/aromatic N) is 2. The number of carbonyl (C=O) groups is 2. The molecule has 2 aromatic rings. The maximum Gasteiger partial charge on any atom is 0.506 e. The van der Waals surface area contributed by atoms with Crippen molar-refractivity contribution in [3.05, 3.63) is 18.1 Å². The normalized spacial score (nSPS) is 25.8. The summed E-state index contributed by atoms with van der Waals surface area (Å²) in [6, 6.07) is -1.68. The number of aromatic nitrogens is 3. The Morgan fingerprint density at radius 2 is 1.88 bits per heavy atom. The van der Waals surface area contributed by atoms with Gasteiger partial charge in [-0.1, -0.05) is 0 Å². The Kier molecular flexibility index (Phi) is 4.29. The highest BCUT2D eigenvalue weighted by Gasteiger charge is 2.49. The monoisotopic (exact) mass is 353 g/mol. The van der Waals surface area contributed by atoms with Crippen LogP contribution in [0.3, 0.4) is 0 Å². The fourth-order valence-corrected chi connectivity index (χ4v) is 3.00. The number of aromatic amines is 1. The smallest absolute Gasteiger partial charge is 0.450 e. The van der Waals surface area contributed by atoms with Crippen molar-refractivity contribution in [1.29, 1.82) is 0 Å². The van der Waals surface area contributed by atoms with Gasteiger partial charge in [-0.25, -0.2) is 19.6 Å². The third-order valence-corrected chi connectivity index (χ3v) is 3.97. The van der Waals surface area contributed by atoms with Crippen LogP contribution in [0.2, 0.25) is 0 Å². The van der Waals surface area contributed by atoms with E-state index in [9.17, 15) is 14.7 Å². The zero-order valence-corrected chi connectivity index (χ0v) is 12.6. The van der Waals surface area contributed by atoms with Gasteiger partial charge in [0.15, 0.2) is 18.0 Å². The van der Waals surface area contributed by atoms with Gasteiger partial charge in [-0.15, -0.1) is 0 Å². The highest BCUT2D eigenvalue weighted by atomic mass is 16.7. The van der Waals surface area contributed by atoms with E-state index in [2.05, 4.69) is 20.3 Å². The van der Waals surface area contributed by atoms with Gasteiger partial charge in [-0.05, 0) is 0 Å². The first-order valence-electron chi connectivity index (χ1n) is 7.16. The summed E-state index contributed by atoms with van der Waals surface area (Å²) in [5.74, 6) is 0.196. The molecule has 1 saturated heterocycles. The topological polar surface area (TPSA) is 193 Å². The van der Waals surface area contributed by atoms with E-state index in [1.54, 1.807) is 0 Å². The van der Waals surface area contributed by atoms with Crippen LogP contribution in [0.1, 0.15) is 11.6 Å². The van der Waals surface area contributed by atoms with Crippen LogP contribution in [0.15, 0.2) is 12.5 Å². The molecule has 0 spiro atoms. The van der Waals surface area contributed by atoms with Gasteiger partial charge < -0.3 is 35.5 Å². The summed E-state index contributed by atoms with van der Waals surface area (Å²) in [5, 5.41) is 30.3. The van der Waals surface area contributed by atoms with E-state index < -0.39 is 43.2 Å². The van der Waals surface area contributed by atoms with Crippen LogP contribution in [0.5, 0.6) is 0 Å². The third-order valence-electron chi connectivity index (χ3n) is 3.97. The average molecular weight is 353 g/mol. The van der Waals surface area contributed by atoms with E-state index in [0.29, 0.717) is 16.6 Å². The van der Waals surface area contributed by atoms with Crippen molar-refractivity contribution >= 4 is 29.2 Å². The second-order valence-electron chi connectivity index (χ2n) is 5.36. The zero-order valence-electron chi connectivity index (χ0n) is 12.6. The number of carboxylic acid groups (broad SMARTS) is 2. The molecule has 134 valence electrons. The summed E-state index contributed by atoms with van der Waals surface area (Å²) in [7, 11) is 0. The molecule has 12 nitrogen and oxygen atoms in total. The van der Waals surface area contributed by atoms with Crippen LogP contribution >= 0.6 is 0 Å². The van der Waals surface area contributed by atoms with Crippen LogP contribution < -0.4 is 11.1 Å². The molecule has 0 saturated carbocycles. The van der Waals surface area contributed by atoms with Gasteiger partial charge in [-0.3, -0.25) is 5.32 Å². The lowest BCUT2D eigenvalue weighted by Crippen LogP contribution is -2.40. The highest BCUT2D eigenvalue weighted by molar-refractivity contribution is 5.87. The first kappa shape index (κ1) is 16.7. The van der Waals surface area contributed by atoms with E-state index in [0.717, 1.165) is 0 Å². The van der Waals surface area contributed by atoms with Crippen molar-refractivity contribution in [3.8, 4) is 0 Å². The number of nitrogens with one attached hydrogen (secondary N) is 2. The first-order chi connectivity index (χ1) is 11.9. The van der Waals surface area contributed by atoms with Crippen LogP contribution in [0, 0.1) is 0 Å². The molecule has 0 unspecified atom stereocenters. The molecule has 4 atom stereocenters. The summed E-state index contributed by atoms with van der Waals surface area (Å²) in [6.07, 6.45) is -2.93. The Morgan fingerprint density at radius 3 is 2.52 bits per heavy atom. The largest absolute Gasteiger partial charge is 0.506 e. The van der Waals surface area contributed by atoms with Crippen LogP contribution in [0.25, 0.3) is 11.0 Å². The van der Waals surface area contributed by atoms with Gasteiger partial charge in [-0.2, -0.15) is 0 Å². The van der Waals surface area contributed by atoms with Crippen LogP contribution in [-0.2, 0) is 9.47 Å². The van der Waals surface area contributed by atoms with Crippen LogP contribution in [-0.4, -0.2) is 67.4 Å². The van der Waals surface area contributed by atoms with Gasteiger partial charge in [0.05, 0.1) is 24.2 Å². The van der Waals surface area contributed by atoms with Gasteiger partial charge >= 0.3 is 12.3 Å². The summed E-state index contributed by atoms with van der Waals surface area (Å²) >= 11 is 0. The number of hydrogen-bond acceptors (Lipinski definition) is 9. The Bertz CT molecular complexity index is 809. The molecule has 0 bridgehead atoms. The van der Waals surface area contributed by atoms with Crippen molar-refractivity contribution < 1.29 is 34.4 Å². The number of nitrogen functional groups attached to an aromatic ring is 1. The van der Waals surface area contributed by atoms with Crippen LogP contribution in [0.4, 0.5) is 15.4 Å². The quantitative estimate of drug-likeness (QED) is 0.394. The molecule has 3 heterocycles. The minimum absolute atomic E-state index is 0.196. The lowest BCUT2D eigenvalue weighted by Gasteiger charge is -2.22. The van der Waals surface area contributed by atoms with E-state index >= 15 is 0 Å². The van der Waals surface area contributed by atoms with E-state index in [4.69, 9.17) is 25.4 Å². The number of ether oxygens (including phenoxy) is 2. The number of fused-ring (bicyclic) bond motifs is 1. The van der Waals surface area contributed by atoms with Gasteiger partial charge in [0.2, 0.25) is 0 Å². The van der Waals surface area contributed by atoms with E-state index in [1.807, 2.05) is 0 Å². The number of hydrogen-bond donors (Lipinski definition) is 6. The minimum Gasteiger partial charge on any atom is -0.450 e. The fourth-order valence-electron chi connectivity index (χ4n) is 3.00. The molecule has 1 aliphatic rings. The van der Waals surface area contributed by atoms with Crippen molar-refractivity contribution in [3.63, 3.8) is 0 Å². The molecule has 2 aromatic heterocycles. The molecule has 3 rings (SSSR count). The number of aliphatic hydroxyl groups excluding tert-OH is 1. The molecule has 1 fully saturated rings. The van der Waals surface area contributed by atoms with Gasteiger partial charge in [0, 0.05) is 11.8 Å². The van der Waals surface area contributed by atoms with Crippen molar-refractivity contribution in [1.82, 2.24) is 20.3 Å². The molecular formula is C13H15N5O7. The van der Waals surface area contributed by atoms with Crippen molar-refractivity contribution in [2.24, 2.45) is 0 Å². The summed E-state index contributed by atoms with van der Waals surface area (Å²) in [5.41, 5.74) is 7.09. The predicted octanol–water partition coefficient (Wildman–Crippen LogP) is -0.328. The lowest BCUT2D eigenvalue weighted by molar-refractivity contribution is -0.0387.